The van der Waals surface area contributed by atoms with Crippen molar-refractivity contribution in [2.24, 2.45) is 0 Å². The molecule has 0 N–H and O–H groups in total. The summed E-state index contributed by atoms with van der Waals surface area (Å²) >= 11 is 1.78. The van der Waals surface area contributed by atoms with Crippen LogP contribution in [0.1, 0.15) is 0 Å². The van der Waals surface area contributed by atoms with E-state index in [-0.39, 0.29) is 0 Å². The van der Waals surface area contributed by atoms with Crippen LogP contribution in [-0.2, 0) is 0 Å². The SMILES string of the molecule is c1ccc(-c2nc(-c3ccccc3)nc(-c3cccc4c3sc3ccc(-c5cccc6oc7cc(-n8c9ccccc9c9ccccc98)ccc7c56)cc34)n2)cc1. The molecule has 57 heavy (non-hydrogen) atoms. The number of benzene rings is 8. The van der Waals surface area contributed by atoms with Crippen LogP contribution in [0.3, 0.4) is 0 Å². The van der Waals surface area contributed by atoms with Gasteiger partial charge in [-0.1, -0.05) is 127 Å². The van der Waals surface area contributed by atoms with Crippen molar-refractivity contribution in [1.29, 1.82) is 0 Å². The lowest BCUT2D eigenvalue weighted by molar-refractivity contribution is 0.668. The second-order valence-electron chi connectivity index (χ2n) is 14.4. The summed E-state index contributed by atoms with van der Waals surface area (Å²) in [5.74, 6) is 1.97. The van der Waals surface area contributed by atoms with Crippen LogP contribution in [-0.4, -0.2) is 19.5 Å². The molecule has 266 valence electrons. The van der Waals surface area contributed by atoms with Crippen molar-refractivity contribution in [1.82, 2.24) is 19.5 Å². The Kier molecular flexibility index (Phi) is 7.03. The minimum atomic E-state index is 0.655. The first kappa shape index (κ1) is 31.9. The molecule has 6 heteroatoms. The Morgan fingerprint density at radius 2 is 1.02 bits per heavy atom. The molecule has 0 atom stereocenters. The molecule has 0 fully saturated rings. The molecule has 12 aromatic rings. The average Bonchev–Trinajstić information content (AvgIpc) is 3.96. The van der Waals surface area contributed by atoms with Crippen molar-refractivity contribution < 1.29 is 4.42 Å². The first-order valence-electron chi connectivity index (χ1n) is 19.0. The van der Waals surface area contributed by atoms with E-state index in [2.05, 4.69) is 126 Å². The zero-order chi connectivity index (χ0) is 37.5. The maximum atomic E-state index is 6.64. The van der Waals surface area contributed by atoms with Gasteiger partial charge in [-0.15, -0.1) is 11.3 Å². The maximum Gasteiger partial charge on any atom is 0.165 e. The number of aromatic nitrogens is 4. The van der Waals surface area contributed by atoms with Gasteiger partial charge in [-0.3, -0.25) is 0 Å². The standard InChI is InChI=1S/C51H30N4OS/c1-3-13-31(14-4-1)49-52-50(32-15-5-2-6-16-32)54-51(53-49)40-21-11-20-38-41-29-33(25-28-46(41)57-48(38)40)35-19-12-24-44-47(35)39-27-26-34(30-45(39)56-44)55-42-22-9-7-17-36(42)37-18-8-10-23-43(37)55/h1-30H. The van der Waals surface area contributed by atoms with E-state index in [1.54, 1.807) is 11.3 Å². The van der Waals surface area contributed by atoms with Gasteiger partial charge in [0.15, 0.2) is 17.5 Å². The van der Waals surface area contributed by atoms with Gasteiger partial charge in [0.25, 0.3) is 0 Å². The quantitative estimate of drug-likeness (QED) is 0.176. The average molecular weight is 747 g/mol. The Bertz CT molecular complexity index is 3420. The fourth-order valence-corrected chi connectivity index (χ4v) is 9.66. The Hall–Kier alpha value is -7.41. The smallest absolute Gasteiger partial charge is 0.165 e. The van der Waals surface area contributed by atoms with Crippen LogP contribution < -0.4 is 0 Å². The monoisotopic (exact) mass is 746 g/mol. The van der Waals surface area contributed by atoms with Gasteiger partial charge in [-0.05, 0) is 59.7 Å². The van der Waals surface area contributed by atoms with Crippen LogP contribution in [0.15, 0.2) is 186 Å². The topological polar surface area (TPSA) is 56.7 Å². The molecule has 0 saturated carbocycles. The Morgan fingerprint density at radius 3 is 1.74 bits per heavy atom. The largest absolute Gasteiger partial charge is 0.456 e. The number of hydrogen-bond acceptors (Lipinski definition) is 5. The molecular weight excluding hydrogens is 717 g/mol. The van der Waals surface area contributed by atoms with Gasteiger partial charge in [0.05, 0.1) is 11.0 Å². The number of thiophene rings is 1. The van der Waals surface area contributed by atoms with E-state index in [9.17, 15) is 0 Å². The summed E-state index contributed by atoms with van der Waals surface area (Å²) in [4.78, 5) is 15.1. The molecule has 5 nitrogen and oxygen atoms in total. The first-order valence-corrected chi connectivity index (χ1v) is 19.8. The van der Waals surface area contributed by atoms with E-state index in [0.29, 0.717) is 17.5 Å². The van der Waals surface area contributed by atoms with E-state index in [1.165, 1.54) is 37.3 Å². The van der Waals surface area contributed by atoms with Crippen molar-refractivity contribution >= 4 is 75.3 Å². The molecule has 12 rings (SSSR count). The molecule has 4 aromatic heterocycles. The van der Waals surface area contributed by atoms with Gasteiger partial charge in [0.1, 0.15) is 11.2 Å². The molecule has 8 aromatic carbocycles. The molecule has 0 aliphatic carbocycles. The van der Waals surface area contributed by atoms with Crippen molar-refractivity contribution in [2.75, 3.05) is 0 Å². The van der Waals surface area contributed by atoms with Crippen LogP contribution in [0.25, 0.3) is 115 Å². The van der Waals surface area contributed by atoms with Crippen LogP contribution >= 0.6 is 11.3 Å². The van der Waals surface area contributed by atoms with E-state index >= 15 is 0 Å². The van der Waals surface area contributed by atoms with Crippen LogP contribution in [0, 0.1) is 0 Å². The normalized spacial score (nSPS) is 11.9. The summed E-state index contributed by atoms with van der Waals surface area (Å²) in [5.41, 5.74) is 10.4. The zero-order valence-corrected chi connectivity index (χ0v) is 31.2. The molecule has 0 radical (unpaired) electrons. The Balaban J connectivity index is 0.998. The van der Waals surface area contributed by atoms with Crippen molar-refractivity contribution in [3.8, 4) is 51.0 Å². The first-order chi connectivity index (χ1) is 28.2. The summed E-state index contributed by atoms with van der Waals surface area (Å²) in [6, 6.07) is 63.7. The van der Waals surface area contributed by atoms with Crippen molar-refractivity contribution in [3.05, 3.63) is 182 Å². The lowest BCUT2D eigenvalue weighted by atomic mass is 9.97. The molecule has 0 spiro atoms. The second-order valence-corrected chi connectivity index (χ2v) is 15.4. The summed E-state index contributed by atoms with van der Waals surface area (Å²) in [6.07, 6.45) is 0. The van der Waals surface area contributed by atoms with Gasteiger partial charge in [0, 0.05) is 70.2 Å². The summed E-state index contributed by atoms with van der Waals surface area (Å²) in [7, 11) is 0. The minimum Gasteiger partial charge on any atom is -0.456 e. The third-order valence-corrected chi connectivity index (χ3v) is 12.3. The van der Waals surface area contributed by atoms with E-state index in [0.717, 1.165) is 60.1 Å². The molecule has 0 bridgehead atoms. The minimum absolute atomic E-state index is 0.655. The number of nitrogens with zero attached hydrogens (tertiary/aromatic N) is 4. The van der Waals surface area contributed by atoms with Gasteiger partial charge in [-0.2, -0.15) is 0 Å². The van der Waals surface area contributed by atoms with Crippen LogP contribution in [0.5, 0.6) is 0 Å². The number of furan rings is 1. The predicted octanol–water partition coefficient (Wildman–Crippen LogP) is 13.9. The maximum absolute atomic E-state index is 6.64. The molecule has 0 amide bonds. The lowest BCUT2D eigenvalue weighted by Gasteiger charge is -2.09. The van der Waals surface area contributed by atoms with Crippen LogP contribution in [0.2, 0.25) is 0 Å². The Morgan fingerprint density at radius 1 is 0.404 bits per heavy atom. The number of hydrogen-bond donors (Lipinski definition) is 0. The van der Waals surface area contributed by atoms with Crippen molar-refractivity contribution in [2.45, 2.75) is 0 Å². The fraction of sp³-hybridized carbons (Fsp3) is 0. The highest BCUT2D eigenvalue weighted by molar-refractivity contribution is 7.26. The molecule has 0 aliphatic heterocycles. The highest BCUT2D eigenvalue weighted by atomic mass is 32.1. The third kappa shape index (κ3) is 5.04. The van der Waals surface area contributed by atoms with Crippen LogP contribution in [0.4, 0.5) is 0 Å². The lowest BCUT2D eigenvalue weighted by Crippen LogP contribution is -2.00. The van der Waals surface area contributed by atoms with E-state index in [1.807, 2.05) is 60.7 Å². The Labute approximate surface area is 330 Å². The number of para-hydroxylation sites is 2. The molecular formula is C51H30N4OS. The van der Waals surface area contributed by atoms with Gasteiger partial charge in [-0.25, -0.2) is 15.0 Å². The van der Waals surface area contributed by atoms with Gasteiger partial charge < -0.3 is 8.98 Å². The number of rotatable bonds is 5. The van der Waals surface area contributed by atoms with E-state index < -0.39 is 0 Å². The summed E-state index contributed by atoms with van der Waals surface area (Å²) < 4.78 is 11.3. The number of fused-ring (bicyclic) bond motifs is 9. The molecule has 0 aliphatic rings. The second kappa shape index (κ2) is 12.6. The third-order valence-electron chi connectivity index (χ3n) is 11.1. The van der Waals surface area contributed by atoms with E-state index in [4.69, 9.17) is 19.4 Å². The van der Waals surface area contributed by atoms with Gasteiger partial charge >= 0.3 is 0 Å². The zero-order valence-electron chi connectivity index (χ0n) is 30.4. The molecule has 0 saturated heterocycles. The fourth-order valence-electron chi connectivity index (χ4n) is 8.47. The summed E-state index contributed by atoms with van der Waals surface area (Å²) in [6.45, 7) is 0. The highest BCUT2D eigenvalue weighted by Gasteiger charge is 2.19. The van der Waals surface area contributed by atoms with Crippen molar-refractivity contribution in [3.63, 3.8) is 0 Å². The predicted molar refractivity (Wildman–Crippen MR) is 236 cm³/mol. The molecule has 0 unspecified atom stereocenters. The molecule has 4 heterocycles. The highest BCUT2D eigenvalue weighted by Crippen LogP contribution is 2.44. The van der Waals surface area contributed by atoms with Gasteiger partial charge in [0.2, 0.25) is 0 Å². The summed E-state index contributed by atoms with van der Waals surface area (Å²) in [5, 5.41) is 7.08.